The van der Waals surface area contributed by atoms with Crippen molar-refractivity contribution in [2.24, 2.45) is 0 Å². The van der Waals surface area contributed by atoms with E-state index in [-0.39, 0.29) is 5.88 Å². The van der Waals surface area contributed by atoms with Gasteiger partial charge in [0.05, 0.1) is 16.4 Å². The molecule has 0 saturated heterocycles. The smallest absolute Gasteiger partial charge is 0.265 e. The van der Waals surface area contributed by atoms with Crippen LogP contribution in [0.3, 0.4) is 0 Å². The van der Waals surface area contributed by atoms with E-state index in [9.17, 15) is 5.11 Å². The molecule has 65 valence electrons. The summed E-state index contributed by atoms with van der Waals surface area (Å²) in [6.07, 6.45) is 0. The van der Waals surface area contributed by atoms with Crippen molar-refractivity contribution in [3.8, 4) is 5.88 Å². The highest BCUT2D eigenvalue weighted by molar-refractivity contribution is 9.08. The molecule has 0 fully saturated rings. The summed E-state index contributed by atoms with van der Waals surface area (Å²) >= 11 is 3.19. The molecule has 0 N–H and O–H groups in total. The summed E-state index contributed by atoms with van der Waals surface area (Å²) in [4.78, 5) is 8.07. The average Bonchev–Trinajstić information content (AvgIpc) is 2.17. The molecule has 3 nitrogen and oxygen atoms in total. The predicted molar refractivity (Wildman–Crippen MR) is 52.3 cm³/mol. The number of aromatic nitrogens is 2. The third kappa shape index (κ3) is 1.49. The second-order valence-electron chi connectivity index (χ2n) is 2.60. The van der Waals surface area contributed by atoms with Gasteiger partial charge in [-0.3, -0.25) is 5.11 Å². The minimum Gasteiger partial charge on any atom is -0.265 e. The van der Waals surface area contributed by atoms with E-state index in [1.54, 1.807) is 6.07 Å². The summed E-state index contributed by atoms with van der Waals surface area (Å²) in [6.45, 7) is 0. The second-order valence-corrected chi connectivity index (χ2v) is 3.16. The van der Waals surface area contributed by atoms with Gasteiger partial charge in [-0.1, -0.05) is 28.1 Å². The lowest BCUT2D eigenvalue weighted by Gasteiger charge is -1.99. The Balaban J connectivity index is 2.74. The maximum absolute atomic E-state index is 11.3. The fourth-order valence-electron chi connectivity index (χ4n) is 1.11. The molecule has 1 radical (unpaired) electrons. The maximum atomic E-state index is 11.3. The van der Waals surface area contributed by atoms with Crippen LogP contribution in [0.4, 0.5) is 0 Å². The molecule has 13 heavy (non-hydrogen) atoms. The van der Waals surface area contributed by atoms with Crippen molar-refractivity contribution in [2.75, 3.05) is 0 Å². The molecular formula is C9H6BrN2O. The van der Waals surface area contributed by atoms with Gasteiger partial charge in [0.25, 0.3) is 5.88 Å². The summed E-state index contributed by atoms with van der Waals surface area (Å²) < 4.78 is 0. The van der Waals surface area contributed by atoms with E-state index in [1.807, 2.05) is 18.2 Å². The summed E-state index contributed by atoms with van der Waals surface area (Å²) in [6, 6.07) is 7.33. The van der Waals surface area contributed by atoms with Crippen LogP contribution in [0.2, 0.25) is 0 Å². The molecule has 0 aliphatic rings. The monoisotopic (exact) mass is 237 g/mol. The molecule has 0 bridgehead atoms. The molecule has 1 aromatic carbocycles. The van der Waals surface area contributed by atoms with Gasteiger partial charge in [0, 0.05) is 0 Å². The van der Waals surface area contributed by atoms with Gasteiger partial charge in [-0.05, 0) is 12.1 Å². The zero-order chi connectivity index (χ0) is 9.26. The highest BCUT2D eigenvalue weighted by Crippen LogP contribution is 2.19. The lowest BCUT2D eigenvalue weighted by molar-refractivity contribution is 0.333. The largest absolute Gasteiger partial charge is 0.292 e. The topological polar surface area (TPSA) is 45.7 Å². The molecule has 1 heterocycles. The number of alkyl halides is 1. The summed E-state index contributed by atoms with van der Waals surface area (Å²) in [5, 5.41) is 11.7. The molecule has 2 aromatic rings. The van der Waals surface area contributed by atoms with E-state index in [1.165, 1.54) is 0 Å². The van der Waals surface area contributed by atoms with Gasteiger partial charge < -0.3 is 0 Å². The minimum absolute atomic E-state index is 0.254. The lowest BCUT2D eigenvalue weighted by Crippen LogP contribution is -1.90. The molecule has 1 aromatic heterocycles. The Labute approximate surface area is 83.6 Å². The molecule has 0 saturated carbocycles. The molecule has 0 atom stereocenters. The first-order valence-electron chi connectivity index (χ1n) is 3.80. The SMILES string of the molecule is [O]c1nc2ccccc2nc1CBr. The molecule has 4 heteroatoms. The number of para-hydroxylation sites is 2. The fraction of sp³-hybridized carbons (Fsp3) is 0.111. The molecular weight excluding hydrogens is 232 g/mol. The Hall–Kier alpha value is -1.16. The maximum Gasteiger partial charge on any atom is 0.292 e. The van der Waals surface area contributed by atoms with Crippen LogP contribution < -0.4 is 0 Å². The Kier molecular flexibility index (Phi) is 2.14. The number of nitrogens with zero attached hydrogens (tertiary/aromatic N) is 2. The number of hydrogen-bond acceptors (Lipinski definition) is 2. The van der Waals surface area contributed by atoms with E-state index in [0.29, 0.717) is 16.5 Å². The van der Waals surface area contributed by atoms with Gasteiger partial charge in [0.1, 0.15) is 5.69 Å². The third-order valence-electron chi connectivity index (χ3n) is 1.73. The average molecular weight is 238 g/mol. The van der Waals surface area contributed by atoms with Crippen molar-refractivity contribution in [1.82, 2.24) is 9.97 Å². The fourth-order valence-corrected chi connectivity index (χ4v) is 1.47. The van der Waals surface area contributed by atoms with Gasteiger partial charge in [-0.25, -0.2) is 9.97 Å². The standard InChI is InChI=1S/C9H6BrN2O/c10-5-8-9(13)12-7-4-2-1-3-6(7)11-8/h1-4H,5H2. The highest BCUT2D eigenvalue weighted by atomic mass is 79.9. The first-order chi connectivity index (χ1) is 6.31. The van der Waals surface area contributed by atoms with Gasteiger partial charge >= 0.3 is 0 Å². The van der Waals surface area contributed by atoms with E-state index >= 15 is 0 Å². The van der Waals surface area contributed by atoms with Crippen molar-refractivity contribution < 1.29 is 5.11 Å². The molecule has 2 rings (SSSR count). The van der Waals surface area contributed by atoms with E-state index in [2.05, 4.69) is 25.9 Å². The Morgan fingerprint density at radius 1 is 1.15 bits per heavy atom. The van der Waals surface area contributed by atoms with Crippen LogP contribution in [0.25, 0.3) is 11.0 Å². The Morgan fingerprint density at radius 3 is 2.38 bits per heavy atom. The van der Waals surface area contributed by atoms with Crippen molar-refractivity contribution >= 4 is 27.0 Å². The van der Waals surface area contributed by atoms with Crippen LogP contribution in [0.5, 0.6) is 5.88 Å². The van der Waals surface area contributed by atoms with E-state index in [0.717, 1.165) is 5.52 Å². The summed E-state index contributed by atoms with van der Waals surface area (Å²) in [7, 11) is 0. The third-order valence-corrected chi connectivity index (χ3v) is 2.26. The van der Waals surface area contributed by atoms with Crippen LogP contribution in [-0.2, 0) is 10.4 Å². The minimum atomic E-state index is -0.254. The van der Waals surface area contributed by atoms with E-state index in [4.69, 9.17) is 0 Å². The quantitative estimate of drug-likeness (QED) is 0.717. The summed E-state index contributed by atoms with van der Waals surface area (Å²) in [5.41, 5.74) is 1.87. The zero-order valence-electron chi connectivity index (χ0n) is 6.70. The van der Waals surface area contributed by atoms with Crippen LogP contribution in [0, 0.1) is 0 Å². The van der Waals surface area contributed by atoms with Crippen molar-refractivity contribution in [3.05, 3.63) is 30.0 Å². The number of fused-ring (bicyclic) bond motifs is 1. The van der Waals surface area contributed by atoms with Crippen molar-refractivity contribution in [3.63, 3.8) is 0 Å². The molecule has 0 amide bonds. The molecule has 0 aliphatic heterocycles. The zero-order valence-corrected chi connectivity index (χ0v) is 8.28. The predicted octanol–water partition coefficient (Wildman–Crippen LogP) is 2.67. The highest BCUT2D eigenvalue weighted by Gasteiger charge is 2.06. The van der Waals surface area contributed by atoms with Crippen LogP contribution in [0.15, 0.2) is 24.3 Å². The second kappa shape index (κ2) is 3.30. The number of hydrogen-bond donors (Lipinski definition) is 0. The number of benzene rings is 1. The molecule has 0 aliphatic carbocycles. The molecule has 0 spiro atoms. The first-order valence-corrected chi connectivity index (χ1v) is 4.92. The lowest BCUT2D eigenvalue weighted by atomic mass is 10.3. The normalized spacial score (nSPS) is 10.5. The first kappa shape index (κ1) is 8.44. The number of halogens is 1. The van der Waals surface area contributed by atoms with Crippen LogP contribution >= 0.6 is 15.9 Å². The van der Waals surface area contributed by atoms with Gasteiger partial charge in [-0.15, -0.1) is 0 Å². The molecule has 0 unspecified atom stereocenters. The van der Waals surface area contributed by atoms with Crippen LogP contribution in [-0.4, -0.2) is 9.97 Å². The Morgan fingerprint density at radius 2 is 1.77 bits per heavy atom. The Bertz CT molecular complexity index is 445. The van der Waals surface area contributed by atoms with E-state index < -0.39 is 0 Å². The van der Waals surface area contributed by atoms with Gasteiger partial charge in [0.2, 0.25) is 0 Å². The van der Waals surface area contributed by atoms with Crippen molar-refractivity contribution in [2.45, 2.75) is 5.33 Å². The van der Waals surface area contributed by atoms with Crippen molar-refractivity contribution in [1.29, 1.82) is 0 Å². The number of rotatable bonds is 1. The van der Waals surface area contributed by atoms with Crippen LogP contribution in [0.1, 0.15) is 5.69 Å². The summed E-state index contributed by atoms with van der Waals surface area (Å²) in [5.74, 6) is -0.254. The van der Waals surface area contributed by atoms with Gasteiger partial charge in [0.15, 0.2) is 0 Å². The van der Waals surface area contributed by atoms with Gasteiger partial charge in [-0.2, -0.15) is 0 Å².